The number of likely N-dealkylation sites (tertiary alicyclic amines) is 2. The molecule has 7 fully saturated rings. The zero-order chi connectivity index (χ0) is 58.5. The first kappa shape index (κ1) is 57.2. The second-order valence-electron chi connectivity index (χ2n) is 25.5. The number of aromatic nitrogens is 5. The Bertz CT molecular complexity index is 3310. The van der Waals surface area contributed by atoms with Gasteiger partial charge in [-0.3, -0.25) is 14.5 Å². The van der Waals surface area contributed by atoms with Gasteiger partial charge in [0.05, 0.1) is 51.8 Å². The molecule has 7 aliphatic rings. The Morgan fingerprint density at radius 2 is 1.64 bits per heavy atom. The van der Waals surface area contributed by atoms with Crippen LogP contribution < -0.4 is 30.5 Å². The van der Waals surface area contributed by atoms with E-state index in [9.17, 15) is 19.8 Å². The van der Waals surface area contributed by atoms with Gasteiger partial charge >= 0.3 is 0 Å². The van der Waals surface area contributed by atoms with Crippen LogP contribution in [0.2, 0.25) is 0 Å². The number of hydrogen-bond donors (Lipinski definition) is 4. The molecular formula is C64H81N13O7S. The number of phenols is 1. The van der Waals surface area contributed by atoms with Gasteiger partial charge in [0.1, 0.15) is 23.8 Å². The largest absolute Gasteiger partial charge is 0.507 e. The van der Waals surface area contributed by atoms with Crippen molar-refractivity contribution in [3.8, 4) is 33.3 Å². The highest BCUT2D eigenvalue weighted by molar-refractivity contribution is 7.13. The number of nitrogens with zero attached hydrogens (tertiary/aromatic N) is 11. The van der Waals surface area contributed by atoms with Crippen LogP contribution in [0.5, 0.6) is 11.6 Å². The molecule has 4 aromatic heterocycles. The number of morpholine rings is 1. The zero-order valence-electron chi connectivity index (χ0n) is 49.3. The Morgan fingerprint density at radius 1 is 0.871 bits per heavy atom. The number of aromatic hydroxyl groups is 1. The molecule has 2 aromatic carbocycles. The first-order valence-corrected chi connectivity index (χ1v) is 31.8. The smallest absolute Gasteiger partial charge is 0.243 e. The Balaban J connectivity index is 0.547. The van der Waals surface area contributed by atoms with E-state index < -0.39 is 18.1 Å². The number of para-hydroxylation sites is 1. The molecule has 21 heteroatoms. The molecule has 13 rings (SSSR count). The molecule has 2 amide bonds. The van der Waals surface area contributed by atoms with Gasteiger partial charge < -0.3 is 59.8 Å². The van der Waals surface area contributed by atoms with E-state index in [1.54, 1.807) is 28.4 Å². The van der Waals surface area contributed by atoms with Crippen LogP contribution in [-0.2, 0) is 14.3 Å². The average Bonchev–Trinajstić information content (AvgIpc) is 2.91. The molecule has 1 saturated carbocycles. The topological polar surface area (TPSA) is 228 Å². The summed E-state index contributed by atoms with van der Waals surface area (Å²) in [4.78, 5) is 52.5. The fourth-order valence-electron chi connectivity index (χ4n) is 14.7. The summed E-state index contributed by atoms with van der Waals surface area (Å²) in [6.07, 6.45) is 9.71. The summed E-state index contributed by atoms with van der Waals surface area (Å²) < 4.78 is 19.2. The quantitative estimate of drug-likeness (QED) is 0.0729. The van der Waals surface area contributed by atoms with E-state index in [0.717, 1.165) is 156 Å². The number of piperazine rings is 1. The predicted octanol–water partition coefficient (Wildman–Crippen LogP) is 7.68. The lowest BCUT2D eigenvalue weighted by Crippen LogP contribution is -2.61. The number of nitrogens with two attached hydrogens (primary N) is 1. The number of aliphatic hydroxyl groups is 1. The monoisotopic (exact) mass is 1180 g/mol. The SMILES string of the molecule is Cc1ncsc1-c1ccc([C@H](C)NC(=O)[C@@H]2C[C@@H](O)CN2C(=O)[C@@H](c2cc(N3CCC(CN4CCC5(CC4)CN(C4CC(Oc6cc(N7C8CC[C@@H]7CN(c7cc(-c9ccccc9O)nnc7N)C8)ccn6)C4)CCO5)CC3)no2)C(C)C)cc1. The van der Waals surface area contributed by atoms with Crippen LogP contribution >= 0.6 is 11.3 Å². The lowest BCUT2D eigenvalue weighted by Gasteiger charge is -2.52. The molecule has 1 aliphatic carbocycles. The molecule has 0 radical (unpaired) electrons. The maximum Gasteiger partial charge on any atom is 0.243 e. The van der Waals surface area contributed by atoms with E-state index in [2.05, 4.69) is 67.3 Å². The van der Waals surface area contributed by atoms with Crippen molar-refractivity contribution in [1.82, 2.24) is 45.3 Å². The van der Waals surface area contributed by atoms with Gasteiger partial charge in [-0.2, -0.15) is 0 Å². The number of piperidine rings is 2. The van der Waals surface area contributed by atoms with E-state index in [1.807, 2.05) is 87.9 Å². The predicted molar refractivity (Wildman–Crippen MR) is 327 cm³/mol. The standard InChI is InChI=1S/C64H81N13O7S/c1-39(2)59(63(81)76-36-49(78)30-54(76)62(80)68-40(3)43-9-11-44(12-10-43)60-41(4)67-38-85-60)56-32-57(71-84-56)73-21-16-42(17-22-73)33-72-23-18-64(19-24-72)37-74(25-26-82-64)48-27-50(28-48)83-58-29-45(15-20-66-58)77-46-13-14-47(77)35-75(34-46)53-31-52(69-70-61(53)65)51-7-5-6-8-55(51)79/h5-12,15,20,29,31-32,38-40,42,46-50,54,59,78-79H,13-14,16-19,21-28,30,33-37H2,1-4H3,(H2,65,70)(H,68,80)/t40-,46+,47?,48?,49+,50?,54-,59+/m0/s1. The van der Waals surface area contributed by atoms with E-state index >= 15 is 0 Å². The van der Waals surface area contributed by atoms with Gasteiger partial charge in [0.25, 0.3) is 0 Å². The molecular weight excluding hydrogens is 1090 g/mol. The number of aliphatic hydroxyl groups excluding tert-OH is 1. The molecule has 2 bridgehead atoms. The number of aryl methyl sites for hydroxylation is 1. The summed E-state index contributed by atoms with van der Waals surface area (Å²) in [5.74, 6) is 1.76. The highest BCUT2D eigenvalue weighted by Gasteiger charge is 2.47. The maximum absolute atomic E-state index is 14.5. The van der Waals surface area contributed by atoms with Gasteiger partial charge in [-0.1, -0.05) is 55.4 Å². The normalized spacial score (nSPS) is 25.3. The minimum absolute atomic E-state index is 0.0849. The van der Waals surface area contributed by atoms with Crippen LogP contribution in [0.3, 0.4) is 0 Å². The summed E-state index contributed by atoms with van der Waals surface area (Å²) >= 11 is 1.60. The number of β-amino-alcohol motifs (C(OH)–C–C–N with tert-alkyl or cyclic N) is 1. The van der Waals surface area contributed by atoms with Crippen LogP contribution in [0.4, 0.5) is 23.0 Å². The third kappa shape index (κ3) is 11.9. The molecule has 6 aromatic rings. The minimum atomic E-state index is -0.804. The summed E-state index contributed by atoms with van der Waals surface area (Å²) in [7, 11) is 0. The van der Waals surface area contributed by atoms with Crippen LogP contribution in [0, 0.1) is 18.8 Å². The number of pyridine rings is 1. The van der Waals surface area contributed by atoms with Crippen molar-refractivity contribution in [2.24, 2.45) is 11.8 Å². The summed E-state index contributed by atoms with van der Waals surface area (Å²) in [5.41, 5.74) is 14.4. The van der Waals surface area contributed by atoms with Crippen LogP contribution in [0.15, 0.2) is 89.0 Å². The molecule has 10 heterocycles. The molecule has 6 atom stereocenters. The molecule has 450 valence electrons. The highest BCUT2D eigenvalue weighted by Crippen LogP contribution is 2.42. The number of nitrogens with one attached hydrogen (secondary N) is 1. The van der Waals surface area contributed by atoms with Crippen molar-refractivity contribution >= 4 is 46.2 Å². The second kappa shape index (κ2) is 24.1. The van der Waals surface area contributed by atoms with Gasteiger partial charge in [0, 0.05) is 132 Å². The Hall–Kier alpha value is -6.91. The lowest BCUT2D eigenvalue weighted by molar-refractivity contribution is -0.155. The van der Waals surface area contributed by atoms with Crippen LogP contribution in [0.1, 0.15) is 108 Å². The molecule has 6 aliphatic heterocycles. The number of amides is 2. The van der Waals surface area contributed by atoms with Crippen molar-refractivity contribution in [2.45, 2.75) is 139 Å². The van der Waals surface area contributed by atoms with Gasteiger partial charge in [0.2, 0.25) is 17.7 Å². The second-order valence-corrected chi connectivity index (χ2v) is 26.3. The first-order valence-electron chi connectivity index (χ1n) is 30.9. The Labute approximate surface area is 501 Å². The molecule has 1 spiro atoms. The van der Waals surface area contributed by atoms with Crippen LogP contribution in [-0.4, -0.2) is 176 Å². The maximum atomic E-state index is 14.5. The van der Waals surface area contributed by atoms with Gasteiger partial charge in [-0.25, -0.2) is 9.97 Å². The number of carbonyl (C=O) groups is 2. The number of benzene rings is 2. The summed E-state index contributed by atoms with van der Waals surface area (Å²) in [6, 6.07) is 23.4. The zero-order valence-corrected chi connectivity index (χ0v) is 50.2. The lowest BCUT2D eigenvalue weighted by atomic mass is 9.83. The number of thiazole rings is 1. The number of rotatable bonds is 16. The third-order valence-corrected chi connectivity index (χ3v) is 20.6. The van der Waals surface area contributed by atoms with E-state index in [0.29, 0.717) is 52.8 Å². The average molecular weight is 1180 g/mol. The third-order valence-electron chi connectivity index (χ3n) is 19.6. The number of ether oxygens (including phenoxy) is 2. The summed E-state index contributed by atoms with van der Waals surface area (Å²) in [6.45, 7) is 17.2. The van der Waals surface area contributed by atoms with Crippen molar-refractivity contribution in [3.05, 3.63) is 102 Å². The van der Waals surface area contributed by atoms with E-state index in [-0.39, 0.29) is 54.2 Å². The molecule has 6 saturated heterocycles. The van der Waals surface area contributed by atoms with Crippen molar-refractivity contribution in [1.29, 1.82) is 0 Å². The molecule has 85 heavy (non-hydrogen) atoms. The number of nitrogen functional groups attached to an aromatic ring is 1. The first-order chi connectivity index (χ1) is 41.2. The van der Waals surface area contributed by atoms with Crippen LogP contribution in [0.25, 0.3) is 21.7 Å². The van der Waals surface area contributed by atoms with E-state index in [4.69, 9.17) is 19.7 Å². The molecule has 5 N–H and O–H groups in total. The fourth-order valence-corrected chi connectivity index (χ4v) is 15.6. The summed E-state index contributed by atoms with van der Waals surface area (Å²) in [5, 5.41) is 37.6. The van der Waals surface area contributed by atoms with E-state index in [1.165, 1.54) is 0 Å². The number of fused-ring (bicyclic) bond motifs is 2. The highest BCUT2D eigenvalue weighted by atomic mass is 32.1. The van der Waals surface area contributed by atoms with Gasteiger partial charge in [-0.05, 0) is 99.6 Å². The minimum Gasteiger partial charge on any atom is -0.507 e. The Morgan fingerprint density at radius 3 is 2.36 bits per heavy atom. The fraction of sp³-hybridized carbons (Fsp3) is 0.547. The van der Waals surface area contributed by atoms with Crippen molar-refractivity contribution < 1.29 is 33.8 Å². The molecule has 20 nitrogen and oxygen atoms in total. The van der Waals surface area contributed by atoms with Crippen molar-refractivity contribution in [3.63, 3.8) is 0 Å². The number of phenolic OH excluding ortho intramolecular Hbond substituents is 1. The Kier molecular flexibility index (Phi) is 16.2. The van der Waals surface area contributed by atoms with Gasteiger partial charge in [0.15, 0.2) is 17.4 Å². The number of anilines is 4. The molecule has 1 unspecified atom stereocenters. The van der Waals surface area contributed by atoms with Crippen molar-refractivity contribution in [2.75, 3.05) is 92.5 Å². The van der Waals surface area contributed by atoms with Gasteiger partial charge in [-0.15, -0.1) is 21.5 Å². The number of carbonyl (C=O) groups excluding carboxylic acids is 2. The number of hydrogen-bond acceptors (Lipinski definition) is 19.